The summed E-state index contributed by atoms with van der Waals surface area (Å²) in [6.45, 7) is 4.51. The highest BCUT2D eigenvalue weighted by molar-refractivity contribution is 5.22. The lowest BCUT2D eigenvalue weighted by Gasteiger charge is -2.19. The third-order valence-electron chi connectivity index (χ3n) is 2.97. The van der Waals surface area contributed by atoms with Crippen molar-refractivity contribution in [1.29, 1.82) is 0 Å². The number of hydrogen-bond donors (Lipinski definition) is 2. The van der Waals surface area contributed by atoms with Gasteiger partial charge in [0.25, 0.3) is 0 Å². The maximum absolute atomic E-state index is 9.11. The molecule has 0 aliphatic heterocycles. The molecule has 2 nitrogen and oxygen atoms in total. The molecule has 1 aliphatic carbocycles. The SMILES string of the molecule is CC1=C(CO)C([C@@H](C)CO)CC1. The summed E-state index contributed by atoms with van der Waals surface area (Å²) in [6, 6.07) is 0. The summed E-state index contributed by atoms with van der Waals surface area (Å²) in [7, 11) is 0. The van der Waals surface area contributed by atoms with Gasteiger partial charge in [0, 0.05) is 6.61 Å². The Hall–Kier alpha value is -0.340. The van der Waals surface area contributed by atoms with Gasteiger partial charge in [0.2, 0.25) is 0 Å². The number of rotatable bonds is 3. The molecule has 0 aromatic heterocycles. The van der Waals surface area contributed by atoms with Crippen molar-refractivity contribution in [3.63, 3.8) is 0 Å². The van der Waals surface area contributed by atoms with Crippen molar-refractivity contribution in [3.8, 4) is 0 Å². The van der Waals surface area contributed by atoms with Crippen molar-refractivity contribution in [3.05, 3.63) is 11.1 Å². The molecule has 2 N–H and O–H groups in total. The Morgan fingerprint density at radius 3 is 2.67 bits per heavy atom. The van der Waals surface area contributed by atoms with Crippen LogP contribution in [0, 0.1) is 11.8 Å². The third-order valence-corrected chi connectivity index (χ3v) is 2.97. The second-order valence-electron chi connectivity index (χ2n) is 3.77. The first kappa shape index (κ1) is 9.75. The van der Waals surface area contributed by atoms with Crippen molar-refractivity contribution >= 4 is 0 Å². The molecule has 0 saturated heterocycles. The minimum atomic E-state index is 0.168. The fraction of sp³-hybridized carbons (Fsp3) is 0.800. The van der Waals surface area contributed by atoms with Gasteiger partial charge in [-0.05, 0) is 37.2 Å². The Morgan fingerprint density at radius 1 is 1.50 bits per heavy atom. The average molecular weight is 170 g/mol. The second kappa shape index (κ2) is 4.06. The molecule has 12 heavy (non-hydrogen) atoms. The van der Waals surface area contributed by atoms with Crippen LogP contribution in [-0.2, 0) is 0 Å². The first-order valence-corrected chi connectivity index (χ1v) is 4.61. The summed E-state index contributed by atoms with van der Waals surface area (Å²) >= 11 is 0. The molecule has 0 amide bonds. The van der Waals surface area contributed by atoms with Gasteiger partial charge in [0.1, 0.15) is 0 Å². The number of aliphatic hydroxyl groups is 2. The molecule has 0 fully saturated rings. The summed E-state index contributed by atoms with van der Waals surface area (Å²) < 4.78 is 0. The van der Waals surface area contributed by atoms with Gasteiger partial charge in [0.15, 0.2) is 0 Å². The summed E-state index contributed by atoms with van der Waals surface area (Å²) in [5.41, 5.74) is 2.49. The molecular formula is C10H18O2. The van der Waals surface area contributed by atoms with Crippen LogP contribution in [0.3, 0.4) is 0 Å². The van der Waals surface area contributed by atoms with E-state index in [4.69, 9.17) is 10.2 Å². The van der Waals surface area contributed by atoms with E-state index in [1.54, 1.807) is 0 Å². The Bertz CT molecular complexity index is 184. The molecule has 0 spiro atoms. The van der Waals surface area contributed by atoms with Gasteiger partial charge in [-0.3, -0.25) is 0 Å². The molecule has 2 atom stereocenters. The first-order valence-electron chi connectivity index (χ1n) is 4.61. The van der Waals surface area contributed by atoms with E-state index < -0.39 is 0 Å². The van der Waals surface area contributed by atoms with Gasteiger partial charge in [-0.2, -0.15) is 0 Å². The van der Waals surface area contributed by atoms with E-state index in [9.17, 15) is 0 Å². The molecule has 1 unspecified atom stereocenters. The average Bonchev–Trinajstić information content (AvgIpc) is 2.45. The van der Waals surface area contributed by atoms with Crippen LogP contribution >= 0.6 is 0 Å². The maximum Gasteiger partial charge on any atom is 0.0647 e. The van der Waals surface area contributed by atoms with Gasteiger partial charge in [-0.15, -0.1) is 0 Å². The van der Waals surface area contributed by atoms with E-state index >= 15 is 0 Å². The smallest absolute Gasteiger partial charge is 0.0647 e. The summed E-state index contributed by atoms with van der Waals surface area (Å²) in [6.07, 6.45) is 2.19. The maximum atomic E-state index is 9.11. The van der Waals surface area contributed by atoms with Gasteiger partial charge in [-0.1, -0.05) is 12.5 Å². The zero-order valence-electron chi connectivity index (χ0n) is 7.88. The van der Waals surface area contributed by atoms with Crippen molar-refractivity contribution < 1.29 is 10.2 Å². The van der Waals surface area contributed by atoms with Gasteiger partial charge in [0.05, 0.1) is 6.61 Å². The van der Waals surface area contributed by atoms with Crippen molar-refractivity contribution in [2.75, 3.05) is 13.2 Å². The highest BCUT2D eigenvalue weighted by Crippen LogP contribution is 2.36. The Kier molecular flexibility index (Phi) is 3.29. The molecule has 0 saturated carbocycles. The van der Waals surface area contributed by atoms with Crippen LogP contribution in [0.25, 0.3) is 0 Å². The first-order chi connectivity index (χ1) is 5.70. The number of aliphatic hydroxyl groups excluding tert-OH is 2. The van der Waals surface area contributed by atoms with Crippen molar-refractivity contribution in [2.45, 2.75) is 26.7 Å². The van der Waals surface area contributed by atoms with E-state index in [2.05, 4.69) is 6.92 Å². The van der Waals surface area contributed by atoms with Crippen LogP contribution in [0.1, 0.15) is 26.7 Å². The Morgan fingerprint density at radius 2 is 2.17 bits per heavy atom. The normalized spacial score (nSPS) is 26.5. The summed E-state index contributed by atoms with van der Waals surface area (Å²) in [5.74, 6) is 0.713. The van der Waals surface area contributed by atoms with Crippen LogP contribution in [0.2, 0.25) is 0 Å². The largest absolute Gasteiger partial charge is 0.396 e. The molecule has 0 aromatic rings. The summed E-state index contributed by atoms with van der Waals surface area (Å²) in [4.78, 5) is 0. The lowest BCUT2D eigenvalue weighted by atomic mass is 9.89. The number of allylic oxidation sites excluding steroid dienone is 1. The quantitative estimate of drug-likeness (QED) is 0.627. The number of hydrogen-bond acceptors (Lipinski definition) is 2. The van der Waals surface area contributed by atoms with Gasteiger partial charge >= 0.3 is 0 Å². The van der Waals surface area contributed by atoms with Crippen LogP contribution in [0.4, 0.5) is 0 Å². The second-order valence-corrected chi connectivity index (χ2v) is 3.77. The minimum absolute atomic E-state index is 0.168. The predicted octanol–water partition coefficient (Wildman–Crippen LogP) is 1.33. The predicted molar refractivity (Wildman–Crippen MR) is 48.8 cm³/mol. The molecule has 0 radical (unpaired) electrons. The zero-order chi connectivity index (χ0) is 9.14. The molecule has 1 aliphatic rings. The monoisotopic (exact) mass is 170 g/mol. The van der Waals surface area contributed by atoms with Gasteiger partial charge in [-0.25, -0.2) is 0 Å². The fourth-order valence-electron chi connectivity index (χ4n) is 2.03. The standard InChI is InChI=1S/C10H18O2/c1-7-3-4-9(8(2)5-11)10(7)6-12/h8-9,11-12H,3-6H2,1-2H3/t8-,9?/m0/s1. The van der Waals surface area contributed by atoms with Crippen LogP contribution < -0.4 is 0 Å². The lowest BCUT2D eigenvalue weighted by Crippen LogP contribution is -2.16. The highest BCUT2D eigenvalue weighted by atomic mass is 16.3. The Labute approximate surface area is 73.9 Å². The third kappa shape index (κ3) is 1.70. The lowest BCUT2D eigenvalue weighted by molar-refractivity contribution is 0.193. The van der Waals surface area contributed by atoms with E-state index in [-0.39, 0.29) is 13.2 Å². The van der Waals surface area contributed by atoms with Crippen LogP contribution in [0.15, 0.2) is 11.1 Å². The molecule has 0 bridgehead atoms. The fourth-order valence-corrected chi connectivity index (χ4v) is 2.03. The molecule has 0 aromatic carbocycles. The molecule has 0 heterocycles. The van der Waals surface area contributed by atoms with Gasteiger partial charge < -0.3 is 10.2 Å². The zero-order valence-corrected chi connectivity index (χ0v) is 7.88. The molecule has 2 heteroatoms. The summed E-state index contributed by atoms with van der Waals surface area (Å²) in [5, 5.41) is 18.1. The van der Waals surface area contributed by atoms with Crippen molar-refractivity contribution in [2.24, 2.45) is 11.8 Å². The molecule has 1 rings (SSSR count). The Balaban J connectivity index is 2.69. The van der Waals surface area contributed by atoms with Crippen molar-refractivity contribution in [1.82, 2.24) is 0 Å². The van der Waals surface area contributed by atoms with Crippen LogP contribution in [-0.4, -0.2) is 23.4 Å². The van der Waals surface area contributed by atoms with E-state index in [0.717, 1.165) is 18.4 Å². The molecular weight excluding hydrogens is 152 g/mol. The molecule has 70 valence electrons. The minimum Gasteiger partial charge on any atom is -0.396 e. The highest BCUT2D eigenvalue weighted by Gasteiger charge is 2.26. The van der Waals surface area contributed by atoms with Crippen LogP contribution in [0.5, 0.6) is 0 Å². The van der Waals surface area contributed by atoms with E-state index in [1.165, 1.54) is 5.57 Å². The topological polar surface area (TPSA) is 40.5 Å². The van der Waals surface area contributed by atoms with E-state index in [0.29, 0.717) is 11.8 Å². The van der Waals surface area contributed by atoms with E-state index in [1.807, 2.05) is 6.92 Å².